The Labute approximate surface area is 59.8 Å². The van der Waals surface area contributed by atoms with Crippen LogP contribution in [0, 0.1) is 0 Å². The summed E-state index contributed by atoms with van der Waals surface area (Å²) in [5.74, 6) is -1.73. The van der Waals surface area contributed by atoms with Crippen molar-refractivity contribution in [3.05, 3.63) is 0 Å². The largest absolute Gasteiger partial charge is 0.377 e. The molecule has 10 heavy (non-hydrogen) atoms. The van der Waals surface area contributed by atoms with Crippen LogP contribution in [0.15, 0.2) is 0 Å². The van der Waals surface area contributed by atoms with Gasteiger partial charge < -0.3 is 14.9 Å². The highest BCUT2D eigenvalue weighted by molar-refractivity contribution is 4.68. The molecule has 0 aliphatic carbocycles. The van der Waals surface area contributed by atoms with Crippen LogP contribution in [-0.4, -0.2) is 35.4 Å². The second kappa shape index (κ2) is 2.84. The maximum absolute atomic E-state index is 9.04. The van der Waals surface area contributed by atoms with E-state index >= 15 is 0 Å². The van der Waals surface area contributed by atoms with Crippen molar-refractivity contribution in [1.82, 2.24) is 5.32 Å². The molecule has 3 N–H and O–H groups in total. The van der Waals surface area contributed by atoms with Crippen LogP contribution < -0.4 is 5.32 Å². The van der Waals surface area contributed by atoms with E-state index in [1.807, 2.05) is 6.92 Å². The molecular weight excluding hydrogens is 134 g/mol. The van der Waals surface area contributed by atoms with Crippen LogP contribution >= 0.6 is 0 Å². The van der Waals surface area contributed by atoms with Crippen molar-refractivity contribution in [2.24, 2.45) is 0 Å². The fourth-order valence-electron chi connectivity index (χ4n) is 0.857. The van der Waals surface area contributed by atoms with Gasteiger partial charge in [0.25, 0.3) is 0 Å². The van der Waals surface area contributed by atoms with Crippen LogP contribution in [0.3, 0.4) is 0 Å². The molecule has 4 heteroatoms. The molecule has 1 saturated heterocycles. The Morgan fingerprint density at radius 1 is 1.60 bits per heavy atom. The summed E-state index contributed by atoms with van der Waals surface area (Å²) in [7, 11) is 0. The lowest BCUT2D eigenvalue weighted by atomic mass is 10.3. The van der Waals surface area contributed by atoms with Crippen LogP contribution in [0.2, 0.25) is 0 Å². The number of hydrogen-bond acceptors (Lipinski definition) is 4. The quantitative estimate of drug-likeness (QED) is 0.385. The van der Waals surface area contributed by atoms with E-state index in [9.17, 15) is 0 Å². The monoisotopic (exact) mass is 147 g/mol. The van der Waals surface area contributed by atoms with Gasteiger partial charge in [-0.05, 0) is 6.92 Å². The minimum absolute atomic E-state index is 0.0566. The van der Waals surface area contributed by atoms with Gasteiger partial charge in [0, 0.05) is 13.0 Å². The molecule has 1 rings (SSSR count). The first-order valence-electron chi connectivity index (χ1n) is 3.41. The van der Waals surface area contributed by atoms with E-state index in [1.165, 1.54) is 0 Å². The van der Waals surface area contributed by atoms with Gasteiger partial charge in [-0.2, -0.15) is 0 Å². The molecule has 1 unspecified atom stereocenters. The van der Waals surface area contributed by atoms with Crippen LogP contribution in [0.1, 0.15) is 13.3 Å². The Morgan fingerprint density at radius 2 is 2.30 bits per heavy atom. The molecule has 4 nitrogen and oxygen atoms in total. The van der Waals surface area contributed by atoms with Crippen molar-refractivity contribution in [3.63, 3.8) is 0 Å². The zero-order valence-corrected chi connectivity index (χ0v) is 6.00. The van der Waals surface area contributed by atoms with E-state index in [0.29, 0.717) is 13.2 Å². The van der Waals surface area contributed by atoms with Crippen LogP contribution in [0.4, 0.5) is 0 Å². The standard InChI is InChI=1S/C6H13NO3/c1-5-4-7-6(8,9)2-3-10-5/h5,7-9H,2-4H2,1H3. The first kappa shape index (κ1) is 7.94. The minimum atomic E-state index is -1.73. The van der Waals surface area contributed by atoms with Gasteiger partial charge in [0.15, 0.2) is 0 Å². The number of hydrogen-bond donors (Lipinski definition) is 3. The molecule has 1 atom stereocenters. The number of aliphatic hydroxyl groups is 2. The molecule has 1 aliphatic heterocycles. The molecular formula is C6H13NO3. The fraction of sp³-hybridized carbons (Fsp3) is 1.00. The van der Waals surface area contributed by atoms with Gasteiger partial charge in [-0.1, -0.05) is 0 Å². The van der Waals surface area contributed by atoms with Crippen molar-refractivity contribution >= 4 is 0 Å². The molecule has 60 valence electrons. The summed E-state index contributed by atoms with van der Waals surface area (Å²) in [6, 6.07) is 0. The Balaban J connectivity index is 2.41. The highest BCUT2D eigenvalue weighted by Crippen LogP contribution is 2.07. The van der Waals surface area contributed by atoms with Gasteiger partial charge in [0.2, 0.25) is 5.91 Å². The SMILES string of the molecule is CC1CNC(O)(O)CCO1. The molecule has 0 amide bonds. The van der Waals surface area contributed by atoms with Crippen molar-refractivity contribution < 1.29 is 14.9 Å². The van der Waals surface area contributed by atoms with Crippen molar-refractivity contribution in [2.45, 2.75) is 25.4 Å². The van der Waals surface area contributed by atoms with Gasteiger partial charge in [0.05, 0.1) is 12.7 Å². The summed E-state index contributed by atoms with van der Waals surface area (Å²) >= 11 is 0. The molecule has 1 fully saturated rings. The summed E-state index contributed by atoms with van der Waals surface area (Å²) in [6.07, 6.45) is 0.276. The number of ether oxygens (including phenoxy) is 1. The zero-order chi connectivity index (χ0) is 7.61. The van der Waals surface area contributed by atoms with Gasteiger partial charge in [-0.15, -0.1) is 0 Å². The molecule has 0 aromatic heterocycles. The highest BCUT2D eigenvalue weighted by Gasteiger charge is 2.25. The second-order valence-electron chi connectivity index (χ2n) is 2.63. The van der Waals surface area contributed by atoms with E-state index in [1.54, 1.807) is 0 Å². The van der Waals surface area contributed by atoms with Crippen LogP contribution in [0.5, 0.6) is 0 Å². The summed E-state index contributed by atoms with van der Waals surface area (Å²) in [5, 5.41) is 20.6. The smallest absolute Gasteiger partial charge is 0.224 e. The third-order valence-electron chi connectivity index (χ3n) is 1.53. The van der Waals surface area contributed by atoms with Crippen LogP contribution in [0.25, 0.3) is 0 Å². The van der Waals surface area contributed by atoms with Gasteiger partial charge in [-0.3, -0.25) is 5.32 Å². The fourth-order valence-corrected chi connectivity index (χ4v) is 0.857. The van der Waals surface area contributed by atoms with Gasteiger partial charge in [0.1, 0.15) is 0 Å². The van der Waals surface area contributed by atoms with E-state index in [0.717, 1.165) is 0 Å². The lowest BCUT2D eigenvalue weighted by molar-refractivity contribution is -0.187. The molecule has 0 saturated carbocycles. The molecule has 0 radical (unpaired) electrons. The summed E-state index contributed by atoms with van der Waals surface area (Å²) in [5.41, 5.74) is 0. The van der Waals surface area contributed by atoms with E-state index in [-0.39, 0.29) is 12.5 Å². The lowest BCUT2D eigenvalue weighted by Crippen LogP contribution is -2.45. The Bertz CT molecular complexity index is 116. The first-order valence-corrected chi connectivity index (χ1v) is 3.41. The average Bonchev–Trinajstić information content (AvgIpc) is 1.94. The maximum atomic E-state index is 9.04. The first-order chi connectivity index (χ1) is 4.60. The van der Waals surface area contributed by atoms with E-state index in [2.05, 4.69) is 5.32 Å². The van der Waals surface area contributed by atoms with Gasteiger partial charge in [-0.25, -0.2) is 0 Å². The second-order valence-corrected chi connectivity index (χ2v) is 2.63. The lowest BCUT2D eigenvalue weighted by Gasteiger charge is -2.19. The van der Waals surface area contributed by atoms with E-state index in [4.69, 9.17) is 14.9 Å². The molecule has 0 spiro atoms. The van der Waals surface area contributed by atoms with Crippen molar-refractivity contribution in [1.29, 1.82) is 0 Å². The minimum Gasteiger partial charge on any atom is -0.377 e. The molecule has 1 heterocycles. The average molecular weight is 147 g/mol. The predicted octanol–water partition coefficient (Wildman–Crippen LogP) is -0.977. The third-order valence-corrected chi connectivity index (χ3v) is 1.53. The highest BCUT2D eigenvalue weighted by atomic mass is 16.5. The van der Waals surface area contributed by atoms with Crippen molar-refractivity contribution in [3.8, 4) is 0 Å². The van der Waals surface area contributed by atoms with Crippen LogP contribution in [-0.2, 0) is 4.74 Å². The third kappa shape index (κ3) is 2.22. The number of rotatable bonds is 0. The maximum Gasteiger partial charge on any atom is 0.224 e. The molecule has 0 aromatic carbocycles. The normalized spacial score (nSPS) is 33.3. The Kier molecular flexibility index (Phi) is 2.25. The Hall–Kier alpha value is -0.160. The molecule has 1 aliphatic rings. The topological polar surface area (TPSA) is 61.7 Å². The molecule has 0 aromatic rings. The molecule has 0 bridgehead atoms. The number of nitrogens with one attached hydrogen (secondary N) is 1. The zero-order valence-electron chi connectivity index (χ0n) is 6.00. The predicted molar refractivity (Wildman–Crippen MR) is 35.2 cm³/mol. The van der Waals surface area contributed by atoms with E-state index < -0.39 is 5.91 Å². The summed E-state index contributed by atoms with van der Waals surface area (Å²) < 4.78 is 5.16. The van der Waals surface area contributed by atoms with Gasteiger partial charge >= 0.3 is 0 Å². The summed E-state index contributed by atoms with van der Waals surface area (Å²) in [4.78, 5) is 0. The van der Waals surface area contributed by atoms with Crippen molar-refractivity contribution in [2.75, 3.05) is 13.2 Å². The Morgan fingerprint density at radius 3 is 3.00 bits per heavy atom. The summed E-state index contributed by atoms with van der Waals surface area (Å²) in [6.45, 7) is 2.75.